The first kappa shape index (κ1) is 23.1. The SMILES string of the molecule is CCC(C)(C)[N+](C)(C)C.[CH3-].[CH3-].[Y]. The maximum absolute atomic E-state index is 2.30. The van der Waals surface area contributed by atoms with Crippen LogP contribution in [0.4, 0.5) is 0 Å². The van der Waals surface area contributed by atoms with E-state index < -0.39 is 0 Å². The Morgan fingerprint density at radius 2 is 1.25 bits per heavy atom. The zero-order valence-corrected chi connectivity index (χ0v) is 13.1. The largest absolute Gasteiger partial charge is 0.358 e. The Morgan fingerprint density at radius 3 is 1.25 bits per heavy atom. The molecule has 0 aliphatic carbocycles. The topological polar surface area (TPSA) is 0 Å². The van der Waals surface area contributed by atoms with Gasteiger partial charge in [0.15, 0.2) is 0 Å². The summed E-state index contributed by atoms with van der Waals surface area (Å²) in [7, 11) is 6.72. The van der Waals surface area contributed by atoms with Gasteiger partial charge in [0, 0.05) is 32.7 Å². The Morgan fingerprint density at radius 1 is 1.00 bits per heavy atom. The number of quaternary nitrogens is 1. The van der Waals surface area contributed by atoms with Crippen molar-refractivity contribution in [3.63, 3.8) is 0 Å². The molecule has 0 saturated heterocycles. The van der Waals surface area contributed by atoms with Crippen molar-refractivity contribution >= 4 is 0 Å². The zero-order valence-electron chi connectivity index (χ0n) is 10.2. The van der Waals surface area contributed by atoms with Gasteiger partial charge < -0.3 is 19.3 Å². The van der Waals surface area contributed by atoms with Crippen molar-refractivity contribution in [1.82, 2.24) is 0 Å². The average Bonchev–Trinajstić information content (AvgIpc) is 1.64. The molecule has 2 heteroatoms. The third-order valence-corrected chi connectivity index (χ3v) is 2.68. The molecule has 0 rings (SSSR count). The van der Waals surface area contributed by atoms with Crippen LogP contribution >= 0.6 is 0 Å². The quantitative estimate of drug-likeness (QED) is 0.521. The van der Waals surface area contributed by atoms with E-state index in [4.69, 9.17) is 0 Å². The second kappa shape index (κ2) is 7.47. The molecule has 0 heterocycles. The normalized spacial score (nSPS) is 10.5. The smallest absolute Gasteiger partial charge is 0.0926 e. The number of hydrogen-bond acceptors (Lipinski definition) is 0. The molecular weight excluding hydrogens is 223 g/mol. The molecule has 75 valence electrons. The Kier molecular flexibility index (Phi) is 14.4. The van der Waals surface area contributed by atoms with Crippen LogP contribution in [0.1, 0.15) is 27.2 Å². The fraction of sp³-hybridized carbons (Fsp3) is 0.800. The zero-order chi connectivity index (χ0) is 7.71. The molecule has 0 amide bonds. The summed E-state index contributed by atoms with van der Waals surface area (Å²) in [5.41, 5.74) is 0.417. The third-order valence-electron chi connectivity index (χ3n) is 2.68. The van der Waals surface area contributed by atoms with E-state index in [9.17, 15) is 0 Å². The summed E-state index contributed by atoms with van der Waals surface area (Å²) in [5.74, 6) is 0. The minimum atomic E-state index is 0. The van der Waals surface area contributed by atoms with Gasteiger partial charge in [-0.25, -0.2) is 0 Å². The molecule has 0 fully saturated rings. The van der Waals surface area contributed by atoms with Gasteiger partial charge in [-0.2, -0.15) is 0 Å². The predicted octanol–water partition coefficient (Wildman–Crippen LogP) is 2.78. The maximum Gasteiger partial charge on any atom is 0.0926 e. The van der Waals surface area contributed by atoms with Crippen molar-refractivity contribution in [2.45, 2.75) is 32.7 Å². The first-order valence-corrected chi connectivity index (χ1v) is 3.63. The minimum Gasteiger partial charge on any atom is -0.358 e. The number of nitrogens with zero attached hydrogens (tertiary/aromatic N) is 1. The van der Waals surface area contributed by atoms with Gasteiger partial charge in [0.05, 0.1) is 26.7 Å². The summed E-state index contributed by atoms with van der Waals surface area (Å²) >= 11 is 0. The fourth-order valence-corrected chi connectivity index (χ4v) is 0.474. The first-order valence-electron chi connectivity index (χ1n) is 3.63. The van der Waals surface area contributed by atoms with Crippen LogP contribution in [0.25, 0.3) is 0 Å². The van der Waals surface area contributed by atoms with Gasteiger partial charge in [-0.15, -0.1) is 0 Å². The van der Waals surface area contributed by atoms with Gasteiger partial charge in [0.25, 0.3) is 0 Å². The fourth-order valence-electron chi connectivity index (χ4n) is 0.474. The summed E-state index contributed by atoms with van der Waals surface area (Å²) in [6.45, 7) is 6.84. The molecule has 1 nitrogen and oxygen atoms in total. The molecular formula is C10H26NY-. The monoisotopic (exact) mass is 249 g/mol. The number of hydrogen-bond donors (Lipinski definition) is 0. The molecule has 12 heavy (non-hydrogen) atoms. The Hall–Kier alpha value is 1.06. The van der Waals surface area contributed by atoms with E-state index >= 15 is 0 Å². The predicted molar refractivity (Wildman–Crippen MR) is 55.2 cm³/mol. The summed E-state index contributed by atoms with van der Waals surface area (Å²) in [5, 5.41) is 0. The second-order valence-electron chi connectivity index (χ2n) is 4.18. The number of rotatable bonds is 2. The van der Waals surface area contributed by atoms with Gasteiger partial charge in [0.2, 0.25) is 0 Å². The van der Waals surface area contributed by atoms with Crippen molar-refractivity contribution in [3.05, 3.63) is 14.9 Å². The molecule has 0 bridgehead atoms. The molecule has 0 aliphatic heterocycles. The molecule has 0 saturated carbocycles. The van der Waals surface area contributed by atoms with Gasteiger partial charge in [-0.3, -0.25) is 0 Å². The molecule has 0 aliphatic rings. The Labute approximate surface area is 105 Å². The molecule has 0 aromatic heterocycles. The molecule has 0 aromatic rings. The summed E-state index contributed by atoms with van der Waals surface area (Å²) in [6.07, 6.45) is 1.23. The van der Waals surface area contributed by atoms with Crippen molar-refractivity contribution < 1.29 is 37.2 Å². The van der Waals surface area contributed by atoms with E-state index in [0.29, 0.717) is 5.54 Å². The van der Waals surface area contributed by atoms with Crippen LogP contribution in [0.2, 0.25) is 0 Å². The van der Waals surface area contributed by atoms with Crippen LogP contribution in [0.5, 0.6) is 0 Å². The van der Waals surface area contributed by atoms with Gasteiger partial charge in [0.1, 0.15) is 0 Å². The molecule has 0 spiro atoms. The van der Waals surface area contributed by atoms with E-state index in [1.54, 1.807) is 0 Å². The summed E-state index contributed by atoms with van der Waals surface area (Å²) in [6, 6.07) is 0. The minimum absolute atomic E-state index is 0. The molecule has 0 atom stereocenters. The van der Waals surface area contributed by atoms with E-state index in [0.717, 1.165) is 4.48 Å². The van der Waals surface area contributed by atoms with E-state index in [2.05, 4.69) is 41.9 Å². The van der Waals surface area contributed by atoms with E-state index in [-0.39, 0.29) is 47.6 Å². The molecule has 1 radical (unpaired) electrons. The van der Waals surface area contributed by atoms with Crippen LogP contribution in [0.3, 0.4) is 0 Å². The Bertz CT molecular complexity index is 92.5. The Balaban J connectivity index is -0.000000107. The van der Waals surface area contributed by atoms with Crippen LogP contribution in [0, 0.1) is 14.9 Å². The van der Waals surface area contributed by atoms with Crippen molar-refractivity contribution in [2.24, 2.45) is 0 Å². The van der Waals surface area contributed by atoms with E-state index in [1.165, 1.54) is 6.42 Å². The summed E-state index contributed by atoms with van der Waals surface area (Å²) < 4.78 is 1.05. The van der Waals surface area contributed by atoms with Crippen molar-refractivity contribution in [1.29, 1.82) is 0 Å². The third kappa shape index (κ3) is 6.57. The molecule has 0 unspecified atom stereocenters. The molecule has 0 aromatic carbocycles. The second-order valence-corrected chi connectivity index (χ2v) is 4.18. The maximum atomic E-state index is 2.30. The van der Waals surface area contributed by atoms with Crippen LogP contribution in [-0.4, -0.2) is 31.2 Å². The average molecular weight is 249 g/mol. The van der Waals surface area contributed by atoms with E-state index in [1.807, 2.05) is 0 Å². The van der Waals surface area contributed by atoms with Gasteiger partial charge >= 0.3 is 0 Å². The van der Waals surface area contributed by atoms with Crippen LogP contribution in [0.15, 0.2) is 0 Å². The first-order chi connectivity index (χ1) is 3.81. The van der Waals surface area contributed by atoms with Crippen LogP contribution in [-0.2, 0) is 32.7 Å². The summed E-state index contributed by atoms with van der Waals surface area (Å²) in [4.78, 5) is 0. The van der Waals surface area contributed by atoms with Crippen molar-refractivity contribution in [3.8, 4) is 0 Å². The van der Waals surface area contributed by atoms with Gasteiger partial charge in [-0.05, 0) is 20.3 Å². The molecule has 0 N–H and O–H groups in total. The van der Waals surface area contributed by atoms with Gasteiger partial charge in [-0.1, -0.05) is 6.92 Å². The van der Waals surface area contributed by atoms with Crippen LogP contribution < -0.4 is 0 Å². The standard InChI is InChI=1S/C8H20N.2CH3.Y/c1-7-8(2,3)9(4,5)6;;;/h7H2,1-6H3;2*1H3;/q+1;2*-1;. The van der Waals surface area contributed by atoms with Crippen molar-refractivity contribution in [2.75, 3.05) is 21.1 Å².